The second kappa shape index (κ2) is 6.39. The highest BCUT2D eigenvalue weighted by Gasteiger charge is 2.22. The van der Waals surface area contributed by atoms with Crippen LogP contribution in [0, 0.1) is 0 Å². The molecule has 0 radical (unpaired) electrons. The van der Waals surface area contributed by atoms with Gasteiger partial charge in [0, 0.05) is 22.0 Å². The van der Waals surface area contributed by atoms with Gasteiger partial charge in [0.05, 0.1) is 5.69 Å². The van der Waals surface area contributed by atoms with Gasteiger partial charge in [-0.3, -0.25) is 4.98 Å². The molecule has 0 saturated heterocycles. The maximum atomic E-state index is 5.07. The highest BCUT2D eigenvalue weighted by Crippen LogP contribution is 2.38. The highest BCUT2D eigenvalue weighted by molar-refractivity contribution is 9.10. The van der Waals surface area contributed by atoms with Gasteiger partial charge >= 0.3 is 0 Å². The molecule has 2 aliphatic carbocycles. The van der Waals surface area contributed by atoms with Crippen molar-refractivity contribution in [1.82, 2.24) is 4.98 Å². The van der Waals surface area contributed by atoms with Crippen molar-refractivity contribution in [3.05, 3.63) is 28.0 Å². The maximum absolute atomic E-state index is 5.07. The Morgan fingerprint density at radius 3 is 2.00 bits per heavy atom. The number of aromatic nitrogens is 1. The third-order valence-electron chi connectivity index (χ3n) is 4.91. The van der Waals surface area contributed by atoms with Gasteiger partial charge in [-0.15, -0.1) is 0 Å². The summed E-state index contributed by atoms with van der Waals surface area (Å²) in [5, 5.41) is 0. The molecule has 2 aliphatic rings. The summed E-state index contributed by atoms with van der Waals surface area (Å²) in [7, 11) is 0. The van der Waals surface area contributed by atoms with Crippen molar-refractivity contribution in [3.8, 4) is 0 Å². The predicted octanol–water partition coefficient (Wildman–Crippen LogP) is 5.94. The Kier molecular flexibility index (Phi) is 4.57. The highest BCUT2D eigenvalue weighted by atomic mass is 79.9. The zero-order valence-corrected chi connectivity index (χ0v) is 13.3. The van der Waals surface area contributed by atoms with Crippen molar-refractivity contribution in [3.63, 3.8) is 0 Å². The van der Waals surface area contributed by atoms with E-state index in [-0.39, 0.29) is 0 Å². The molecule has 2 heteroatoms. The Labute approximate surface area is 125 Å². The summed E-state index contributed by atoms with van der Waals surface area (Å²) in [4.78, 5) is 5.07. The van der Waals surface area contributed by atoms with E-state index < -0.39 is 0 Å². The first-order chi connectivity index (χ1) is 9.34. The molecule has 0 aliphatic heterocycles. The van der Waals surface area contributed by atoms with Crippen LogP contribution in [0.3, 0.4) is 0 Å². The van der Waals surface area contributed by atoms with Gasteiger partial charge < -0.3 is 0 Å². The van der Waals surface area contributed by atoms with Crippen LogP contribution < -0.4 is 0 Å². The summed E-state index contributed by atoms with van der Waals surface area (Å²) in [5.41, 5.74) is 2.71. The second-order valence-electron chi connectivity index (χ2n) is 6.27. The van der Waals surface area contributed by atoms with E-state index >= 15 is 0 Å². The van der Waals surface area contributed by atoms with Gasteiger partial charge in [-0.05, 0) is 53.7 Å². The summed E-state index contributed by atoms with van der Waals surface area (Å²) in [6, 6.07) is 4.51. The lowest BCUT2D eigenvalue weighted by molar-refractivity contribution is 0.421. The van der Waals surface area contributed by atoms with Crippen molar-refractivity contribution >= 4 is 15.9 Å². The molecule has 19 heavy (non-hydrogen) atoms. The largest absolute Gasteiger partial charge is 0.256 e. The smallest absolute Gasteiger partial charge is 0.0579 e. The number of halogens is 1. The molecule has 0 bridgehead atoms. The van der Waals surface area contributed by atoms with Gasteiger partial charge in [0.1, 0.15) is 0 Å². The van der Waals surface area contributed by atoms with Crippen LogP contribution in [0.15, 0.2) is 16.6 Å². The van der Waals surface area contributed by atoms with E-state index in [1.807, 2.05) is 0 Å². The summed E-state index contributed by atoms with van der Waals surface area (Å²) >= 11 is 3.73. The molecule has 1 nitrogen and oxygen atoms in total. The van der Waals surface area contributed by atoms with E-state index in [0.717, 1.165) is 5.92 Å². The van der Waals surface area contributed by atoms with Crippen LogP contribution in [0.25, 0.3) is 0 Å². The van der Waals surface area contributed by atoms with E-state index in [0.29, 0.717) is 5.92 Å². The maximum Gasteiger partial charge on any atom is 0.0579 e. The number of rotatable bonds is 2. The summed E-state index contributed by atoms with van der Waals surface area (Å²) in [5.74, 6) is 1.43. The van der Waals surface area contributed by atoms with E-state index in [2.05, 4.69) is 28.1 Å². The van der Waals surface area contributed by atoms with E-state index in [4.69, 9.17) is 4.98 Å². The van der Waals surface area contributed by atoms with E-state index in [9.17, 15) is 0 Å². The minimum Gasteiger partial charge on any atom is -0.256 e. The Hall–Kier alpha value is -0.370. The molecule has 0 N–H and O–H groups in total. The van der Waals surface area contributed by atoms with Gasteiger partial charge in [-0.25, -0.2) is 0 Å². The van der Waals surface area contributed by atoms with Gasteiger partial charge in [0.25, 0.3) is 0 Å². The molecule has 1 aromatic heterocycles. The summed E-state index contributed by atoms with van der Waals surface area (Å²) in [6.45, 7) is 0. The second-order valence-corrected chi connectivity index (χ2v) is 7.13. The normalized spacial score (nSPS) is 22.6. The first-order valence-electron chi connectivity index (χ1n) is 8.01. The van der Waals surface area contributed by atoms with Crippen LogP contribution in [0.4, 0.5) is 0 Å². The molecule has 2 saturated carbocycles. The quantitative estimate of drug-likeness (QED) is 0.656. The van der Waals surface area contributed by atoms with Crippen LogP contribution in [-0.4, -0.2) is 4.98 Å². The Morgan fingerprint density at radius 2 is 1.37 bits per heavy atom. The monoisotopic (exact) mass is 321 g/mol. The number of hydrogen-bond donors (Lipinski definition) is 0. The van der Waals surface area contributed by atoms with Crippen LogP contribution in [0.2, 0.25) is 0 Å². The molecule has 2 fully saturated rings. The molecule has 0 unspecified atom stereocenters. The summed E-state index contributed by atoms with van der Waals surface area (Å²) < 4.78 is 1.24. The van der Waals surface area contributed by atoms with Crippen LogP contribution >= 0.6 is 15.9 Å². The minimum atomic E-state index is 0.701. The van der Waals surface area contributed by atoms with Gasteiger partial charge in [0.2, 0.25) is 0 Å². The fourth-order valence-corrected chi connectivity index (χ4v) is 4.31. The Morgan fingerprint density at radius 1 is 0.789 bits per heavy atom. The lowest BCUT2D eigenvalue weighted by atomic mass is 9.84. The zero-order valence-electron chi connectivity index (χ0n) is 11.7. The summed E-state index contributed by atoms with van der Waals surface area (Å²) in [6.07, 6.45) is 13.7. The van der Waals surface area contributed by atoms with E-state index in [1.165, 1.54) is 80.1 Å². The number of pyridine rings is 1. The molecule has 1 heterocycles. The van der Waals surface area contributed by atoms with Crippen molar-refractivity contribution in [2.75, 3.05) is 0 Å². The SMILES string of the molecule is Brc1ccc(C2CCCCC2)nc1C1CCCCC1. The lowest BCUT2D eigenvalue weighted by Crippen LogP contribution is -2.12. The fraction of sp³-hybridized carbons (Fsp3) is 0.706. The Balaban J connectivity index is 1.82. The topological polar surface area (TPSA) is 12.9 Å². The van der Waals surface area contributed by atoms with E-state index in [1.54, 1.807) is 0 Å². The first-order valence-corrected chi connectivity index (χ1v) is 8.80. The average Bonchev–Trinajstić information content (AvgIpc) is 2.49. The molecule has 104 valence electrons. The molecule has 0 spiro atoms. The molecule has 0 aromatic carbocycles. The molecule has 3 rings (SSSR count). The molecular formula is C17H24BrN. The Bertz CT molecular complexity index is 417. The van der Waals surface area contributed by atoms with Crippen molar-refractivity contribution < 1.29 is 0 Å². The fourth-order valence-electron chi connectivity index (χ4n) is 3.76. The molecule has 1 aromatic rings. The predicted molar refractivity (Wildman–Crippen MR) is 83.6 cm³/mol. The lowest BCUT2D eigenvalue weighted by Gasteiger charge is -2.25. The molecular weight excluding hydrogens is 298 g/mol. The standard InChI is InChI=1S/C17H24BrN/c18-15-11-12-16(13-7-3-1-4-8-13)19-17(15)14-9-5-2-6-10-14/h11-14H,1-10H2. The minimum absolute atomic E-state index is 0.701. The van der Waals surface area contributed by atoms with Crippen molar-refractivity contribution in [2.45, 2.75) is 76.0 Å². The molecule has 0 atom stereocenters. The zero-order chi connectivity index (χ0) is 13.1. The van der Waals surface area contributed by atoms with Gasteiger partial charge in [0.15, 0.2) is 0 Å². The first kappa shape index (κ1) is 13.6. The van der Waals surface area contributed by atoms with Gasteiger partial charge in [-0.1, -0.05) is 38.5 Å². The number of nitrogens with zero attached hydrogens (tertiary/aromatic N) is 1. The van der Waals surface area contributed by atoms with Crippen molar-refractivity contribution in [1.29, 1.82) is 0 Å². The van der Waals surface area contributed by atoms with Crippen LogP contribution in [-0.2, 0) is 0 Å². The van der Waals surface area contributed by atoms with Crippen LogP contribution in [0.5, 0.6) is 0 Å². The molecule has 0 amide bonds. The third-order valence-corrected chi connectivity index (χ3v) is 5.58. The number of hydrogen-bond acceptors (Lipinski definition) is 1. The average molecular weight is 322 g/mol. The third kappa shape index (κ3) is 3.21. The van der Waals surface area contributed by atoms with Gasteiger partial charge in [-0.2, -0.15) is 0 Å². The van der Waals surface area contributed by atoms with Crippen molar-refractivity contribution in [2.24, 2.45) is 0 Å². The van der Waals surface area contributed by atoms with Crippen LogP contribution in [0.1, 0.15) is 87.4 Å².